The highest BCUT2D eigenvalue weighted by Gasteiger charge is 2.26. The number of phosphoric acid groups is 1. The van der Waals surface area contributed by atoms with E-state index in [-0.39, 0.29) is 58.1 Å². The number of unbranched alkanes of at least 4 members (excludes halogenated alkanes) is 20. The molecule has 0 bridgehead atoms. The van der Waals surface area contributed by atoms with Gasteiger partial charge < -0.3 is 41.5 Å². The fourth-order valence-corrected chi connectivity index (χ4v) is 6.03. The van der Waals surface area contributed by atoms with Gasteiger partial charge in [0.2, 0.25) is 0 Å². The standard InChI is InChI=1S/C37H72NO11P.2H3N/c1-4-6-8-10-12-14-16-18-20-22-24-26-35(39)46-32-34(33-48-50(42,43)47-29-28-38-37(41)45-31-30-44-3)49-36(40)27-25-23-21-19-17-15-13-11-9-7-5-2;;/h34H,4-33H2,1-3H3,(H,38,41)(H,42,43);2*1H3. The van der Waals surface area contributed by atoms with Gasteiger partial charge in [0.1, 0.15) is 13.2 Å². The number of methoxy groups -OCH3 is 1. The largest absolute Gasteiger partial charge is 0.472 e. The first kappa shape index (κ1) is 54.5. The first-order valence-corrected chi connectivity index (χ1v) is 21.1. The molecule has 0 saturated heterocycles. The molecule has 0 fully saturated rings. The quantitative estimate of drug-likeness (QED) is 0.0200. The summed E-state index contributed by atoms with van der Waals surface area (Å²) in [6, 6.07) is 0. The van der Waals surface area contributed by atoms with Crippen molar-refractivity contribution in [3.8, 4) is 0 Å². The summed E-state index contributed by atoms with van der Waals surface area (Å²) < 4.78 is 42.8. The van der Waals surface area contributed by atoms with Crippen molar-refractivity contribution < 1.29 is 51.8 Å². The monoisotopic (exact) mass is 772 g/mol. The molecule has 0 radical (unpaired) electrons. The fourth-order valence-electron chi connectivity index (χ4n) is 5.28. The molecule has 0 aliphatic rings. The normalized spacial score (nSPS) is 12.5. The summed E-state index contributed by atoms with van der Waals surface area (Å²) in [5.41, 5.74) is 0. The number of ether oxygens (including phenoxy) is 4. The van der Waals surface area contributed by atoms with Crippen LogP contribution in [0.4, 0.5) is 4.79 Å². The predicted octanol–water partition coefficient (Wildman–Crippen LogP) is 9.67. The lowest BCUT2D eigenvalue weighted by atomic mass is 10.1. The fraction of sp³-hybridized carbons (Fsp3) is 0.919. The lowest BCUT2D eigenvalue weighted by molar-refractivity contribution is -0.161. The van der Waals surface area contributed by atoms with E-state index in [1.54, 1.807) is 0 Å². The van der Waals surface area contributed by atoms with Gasteiger partial charge in [0, 0.05) is 26.5 Å². The average Bonchev–Trinajstić information content (AvgIpc) is 3.09. The van der Waals surface area contributed by atoms with E-state index in [1.807, 2.05) is 0 Å². The summed E-state index contributed by atoms with van der Waals surface area (Å²) in [6.07, 6.45) is 24.2. The van der Waals surface area contributed by atoms with Crippen LogP contribution in [-0.2, 0) is 42.1 Å². The third-order valence-electron chi connectivity index (χ3n) is 8.27. The van der Waals surface area contributed by atoms with Crippen LogP contribution in [0.15, 0.2) is 0 Å². The Morgan fingerprint density at radius 2 is 1.02 bits per heavy atom. The molecule has 14 nitrogen and oxygen atoms in total. The van der Waals surface area contributed by atoms with E-state index < -0.39 is 38.6 Å². The number of alkyl carbamates (subject to hydrolysis) is 1. The Morgan fingerprint density at radius 1 is 0.577 bits per heavy atom. The minimum Gasteiger partial charge on any atom is -0.462 e. The summed E-state index contributed by atoms with van der Waals surface area (Å²) in [6.45, 7) is 3.52. The Balaban J connectivity index is -0.0000120. The van der Waals surface area contributed by atoms with E-state index in [4.69, 9.17) is 28.0 Å². The van der Waals surface area contributed by atoms with Gasteiger partial charge in [-0.2, -0.15) is 0 Å². The van der Waals surface area contributed by atoms with Gasteiger partial charge in [0.05, 0.1) is 19.8 Å². The van der Waals surface area contributed by atoms with E-state index in [1.165, 1.54) is 97.0 Å². The topological polar surface area (TPSA) is 226 Å². The molecule has 0 rings (SSSR count). The molecule has 2 unspecified atom stereocenters. The number of phosphoric ester groups is 1. The first-order chi connectivity index (χ1) is 24.2. The molecule has 8 N–H and O–H groups in total. The van der Waals surface area contributed by atoms with Crippen LogP contribution < -0.4 is 17.6 Å². The molecule has 312 valence electrons. The molecule has 0 aromatic carbocycles. The number of carbonyl (C=O) groups is 3. The maximum absolute atomic E-state index is 12.6. The average molecular weight is 772 g/mol. The molecule has 0 heterocycles. The molecule has 2 atom stereocenters. The Kier molecular flexibility index (Phi) is 42.4. The van der Waals surface area contributed by atoms with Crippen molar-refractivity contribution in [1.29, 1.82) is 0 Å². The molecule has 0 aromatic heterocycles. The maximum atomic E-state index is 12.6. The summed E-state index contributed by atoms with van der Waals surface area (Å²) >= 11 is 0. The SMILES string of the molecule is CCCCCCCCCCCCCC(=O)OCC(COP(=O)(O)OCCNC(=O)OCCOC)OC(=O)CCCCCCCCCCCCC.N.N. The third kappa shape index (κ3) is 39.4. The van der Waals surface area contributed by atoms with Crippen LogP contribution in [0.25, 0.3) is 0 Å². The number of esters is 2. The van der Waals surface area contributed by atoms with Crippen LogP contribution in [0.1, 0.15) is 168 Å². The van der Waals surface area contributed by atoms with E-state index in [2.05, 4.69) is 19.2 Å². The summed E-state index contributed by atoms with van der Waals surface area (Å²) in [5.74, 6) is -0.903. The smallest absolute Gasteiger partial charge is 0.462 e. The van der Waals surface area contributed by atoms with Crippen LogP contribution in [0, 0.1) is 0 Å². The minimum absolute atomic E-state index is 0. The third-order valence-corrected chi connectivity index (χ3v) is 9.25. The lowest BCUT2D eigenvalue weighted by Crippen LogP contribution is -2.30. The highest BCUT2D eigenvalue weighted by atomic mass is 31.2. The van der Waals surface area contributed by atoms with E-state index in [9.17, 15) is 23.8 Å². The Morgan fingerprint density at radius 3 is 1.48 bits per heavy atom. The van der Waals surface area contributed by atoms with Crippen LogP contribution in [-0.4, -0.2) is 75.7 Å². The Labute approximate surface area is 315 Å². The highest BCUT2D eigenvalue weighted by Crippen LogP contribution is 2.43. The minimum atomic E-state index is -4.56. The zero-order valence-electron chi connectivity index (χ0n) is 33.2. The van der Waals surface area contributed by atoms with Gasteiger partial charge in [-0.15, -0.1) is 0 Å². The lowest BCUT2D eigenvalue weighted by Gasteiger charge is -2.20. The van der Waals surface area contributed by atoms with Crippen molar-refractivity contribution in [3.63, 3.8) is 0 Å². The van der Waals surface area contributed by atoms with Crippen LogP contribution in [0.2, 0.25) is 0 Å². The zero-order chi connectivity index (χ0) is 37.0. The number of amides is 1. The number of carbonyl (C=O) groups excluding carboxylic acids is 3. The summed E-state index contributed by atoms with van der Waals surface area (Å²) in [7, 11) is -3.08. The first-order valence-electron chi connectivity index (χ1n) is 19.6. The number of nitrogens with one attached hydrogen (secondary N) is 1. The Hall–Kier alpha value is -1.80. The highest BCUT2D eigenvalue weighted by molar-refractivity contribution is 7.47. The molecule has 1 amide bonds. The van der Waals surface area contributed by atoms with Gasteiger partial charge in [0.15, 0.2) is 6.10 Å². The van der Waals surface area contributed by atoms with Crippen molar-refractivity contribution in [2.45, 2.75) is 174 Å². The van der Waals surface area contributed by atoms with Gasteiger partial charge in [-0.3, -0.25) is 18.6 Å². The van der Waals surface area contributed by atoms with Crippen molar-refractivity contribution in [1.82, 2.24) is 17.6 Å². The molecule has 0 aliphatic heterocycles. The predicted molar refractivity (Wildman–Crippen MR) is 206 cm³/mol. The van der Waals surface area contributed by atoms with Gasteiger partial charge in [-0.25, -0.2) is 9.36 Å². The van der Waals surface area contributed by atoms with Crippen LogP contribution >= 0.6 is 7.82 Å². The van der Waals surface area contributed by atoms with E-state index >= 15 is 0 Å². The number of rotatable bonds is 37. The van der Waals surface area contributed by atoms with Gasteiger partial charge in [-0.1, -0.05) is 142 Å². The van der Waals surface area contributed by atoms with Gasteiger partial charge in [0.25, 0.3) is 0 Å². The number of hydrogen-bond acceptors (Lipinski definition) is 12. The second-order valence-electron chi connectivity index (χ2n) is 13.0. The molecule has 0 spiro atoms. The summed E-state index contributed by atoms with van der Waals surface area (Å²) in [5, 5.41) is 2.37. The van der Waals surface area contributed by atoms with Crippen LogP contribution in [0.3, 0.4) is 0 Å². The number of hydrogen-bond donors (Lipinski definition) is 4. The van der Waals surface area contributed by atoms with Crippen molar-refractivity contribution in [3.05, 3.63) is 0 Å². The van der Waals surface area contributed by atoms with E-state index in [0.717, 1.165) is 38.5 Å². The second kappa shape index (κ2) is 40.4. The zero-order valence-corrected chi connectivity index (χ0v) is 34.1. The molecule has 0 aromatic rings. The van der Waals surface area contributed by atoms with Crippen molar-refractivity contribution in [2.24, 2.45) is 0 Å². The maximum Gasteiger partial charge on any atom is 0.472 e. The molecule has 0 saturated carbocycles. The van der Waals surface area contributed by atoms with Crippen LogP contribution in [0.5, 0.6) is 0 Å². The molecule has 0 aliphatic carbocycles. The van der Waals surface area contributed by atoms with Gasteiger partial charge in [-0.05, 0) is 12.8 Å². The molecular formula is C37H78N3O11P. The summed E-state index contributed by atoms with van der Waals surface area (Å²) in [4.78, 5) is 46.7. The molecule has 52 heavy (non-hydrogen) atoms. The molecular weight excluding hydrogens is 693 g/mol. The van der Waals surface area contributed by atoms with Crippen molar-refractivity contribution in [2.75, 3.05) is 46.7 Å². The second-order valence-corrected chi connectivity index (χ2v) is 14.5. The Bertz CT molecular complexity index is 871. The van der Waals surface area contributed by atoms with Crippen molar-refractivity contribution >= 4 is 25.9 Å². The molecule has 15 heteroatoms. The van der Waals surface area contributed by atoms with E-state index in [0.29, 0.717) is 12.8 Å². The van der Waals surface area contributed by atoms with Gasteiger partial charge >= 0.3 is 25.9 Å².